The fourth-order valence-electron chi connectivity index (χ4n) is 6.48. The van der Waals surface area contributed by atoms with Crippen molar-refractivity contribution in [1.82, 2.24) is 0 Å². The molecule has 16 heteroatoms. The normalized spacial score (nSPS) is 16.4. The third-order valence-electron chi connectivity index (χ3n) is 9.97. The number of hydrogen-bond donors (Lipinski definition) is 0. The topological polar surface area (TPSA) is 139 Å². The lowest BCUT2D eigenvalue weighted by Crippen LogP contribution is -2.18. The maximum Gasteiger partial charge on any atom is 0.351 e. The van der Waals surface area contributed by atoms with Crippen molar-refractivity contribution >= 4 is 78.7 Å². The van der Waals surface area contributed by atoms with Crippen LogP contribution >= 0.6 is 47.0 Å². The van der Waals surface area contributed by atoms with E-state index in [1.165, 1.54) is 24.3 Å². The fourth-order valence-corrected chi connectivity index (χ4v) is 16.1. The van der Waals surface area contributed by atoms with Crippen LogP contribution < -0.4 is 9.47 Å². The molecule has 0 saturated carbocycles. The van der Waals surface area contributed by atoms with E-state index in [2.05, 4.69) is 27.7 Å². The minimum Gasteiger partial charge on any atom is -0.488 e. The van der Waals surface area contributed by atoms with Crippen molar-refractivity contribution in [1.29, 1.82) is 0 Å². The Balaban J connectivity index is 1.80. The molecule has 0 bridgehead atoms. The van der Waals surface area contributed by atoms with Gasteiger partial charge in [0.1, 0.15) is 0 Å². The summed E-state index contributed by atoms with van der Waals surface area (Å²) < 4.78 is 82.3. The molecule has 2 aliphatic heterocycles. The number of rotatable bonds is 22. The molecule has 2 aliphatic rings. The smallest absolute Gasteiger partial charge is 0.351 e. The summed E-state index contributed by atoms with van der Waals surface area (Å²) in [7, 11) is -8.79. The number of thioether (sulfide) groups is 4. The van der Waals surface area contributed by atoms with Crippen LogP contribution in [0.2, 0.25) is 0 Å². The van der Waals surface area contributed by atoms with Crippen LogP contribution in [0.15, 0.2) is 108 Å². The van der Waals surface area contributed by atoms with E-state index in [4.69, 9.17) is 18.9 Å². The monoisotopic (exact) mass is 934 g/mol. The molecule has 0 radical (unpaired) electrons. The summed E-state index contributed by atoms with van der Waals surface area (Å²) in [5.41, 5.74) is 0. The zero-order valence-corrected chi connectivity index (χ0v) is 39.8. The Labute approximate surface area is 372 Å². The van der Waals surface area contributed by atoms with Gasteiger partial charge in [-0.15, -0.1) is 0 Å². The third-order valence-corrected chi connectivity index (χ3v) is 19.4. The van der Waals surface area contributed by atoms with Gasteiger partial charge >= 0.3 is 11.9 Å². The molecule has 0 spiro atoms. The molecule has 60 heavy (non-hydrogen) atoms. The van der Waals surface area contributed by atoms with Crippen LogP contribution in [0.4, 0.5) is 0 Å². The molecule has 5 rings (SSSR count). The van der Waals surface area contributed by atoms with Gasteiger partial charge in [0.2, 0.25) is 19.7 Å². The lowest BCUT2D eigenvalue weighted by Gasteiger charge is -2.23. The molecule has 2 unspecified atom stereocenters. The minimum atomic E-state index is -4.40. The van der Waals surface area contributed by atoms with Crippen molar-refractivity contribution in [2.45, 2.75) is 122 Å². The molecule has 10 nitrogen and oxygen atoms in total. The van der Waals surface area contributed by atoms with Gasteiger partial charge < -0.3 is 18.9 Å². The first-order valence-corrected chi connectivity index (χ1v) is 26.7. The van der Waals surface area contributed by atoms with Crippen LogP contribution in [-0.4, -0.2) is 55.2 Å². The zero-order chi connectivity index (χ0) is 43.5. The van der Waals surface area contributed by atoms with E-state index in [0.29, 0.717) is 44.3 Å². The molecule has 0 amide bonds. The second-order valence-corrected chi connectivity index (χ2v) is 22.5. The van der Waals surface area contributed by atoms with Gasteiger partial charge in [-0.25, -0.2) is 26.4 Å². The Morgan fingerprint density at radius 3 is 1.20 bits per heavy atom. The molecular weight excluding hydrogens is 881 g/mol. The van der Waals surface area contributed by atoms with E-state index in [1.54, 1.807) is 50.2 Å². The summed E-state index contributed by atoms with van der Waals surface area (Å²) in [5.74, 6) is -0.798. The predicted molar refractivity (Wildman–Crippen MR) is 242 cm³/mol. The molecule has 3 aromatic carbocycles. The van der Waals surface area contributed by atoms with Crippen LogP contribution in [0.5, 0.6) is 11.5 Å². The number of ether oxygens (including phenoxy) is 4. The standard InChI is InChI=1S/C44H54O10S6/c1-7-13-21-29(9-3)27-53-33-34(54-28-30(10-4)22-14-8-2)36-38(58-44(56-36)40(42(46)52-12-6)60(49,50)32-25-19-16-20-26-32)37-35(33)55-43(57-37)39(41(45)51-11-5)59(47,48)31-23-17-15-18-24-31/h15-20,23-26,29-30H,7-14,21-22,27-28H2,1-6H3/b43-39+,44-40+. The van der Waals surface area contributed by atoms with Crippen molar-refractivity contribution in [2.24, 2.45) is 11.8 Å². The number of carbonyl (C=O) groups excluding carboxylic acids is 2. The van der Waals surface area contributed by atoms with Gasteiger partial charge in [0.15, 0.2) is 21.3 Å². The number of carbonyl (C=O) groups is 2. The zero-order valence-electron chi connectivity index (χ0n) is 34.9. The van der Waals surface area contributed by atoms with E-state index in [0.717, 1.165) is 98.4 Å². The number of fused-ring (bicyclic) bond motifs is 3. The summed E-state index contributed by atoms with van der Waals surface area (Å²) in [6.07, 6.45) is 7.72. The molecule has 0 aromatic heterocycles. The van der Waals surface area contributed by atoms with E-state index in [1.807, 2.05) is 0 Å². The molecule has 0 N–H and O–H groups in total. The average Bonchev–Trinajstić information content (AvgIpc) is 3.87. The largest absolute Gasteiger partial charge is 0.488 e. The van der Waals surface area contributed by atoms with Crippen molar-refractivity contribution in [2.75, 3.05) is 26.4 Å². The van der Waals surface area contributed by atoms with Gasteiger partial charge in [-0.1, -0.05) is 150 Å². The van der Waals surface area contributed by atoms with E-state index in [9.17, 15) is 26.4 Å². The van der Waals surface area contributed by atoms with Crippen molar-refractivity contribution in [3.63, 3.8) is 0 Å². The Bertz CT molecular complexity index is 2110. The lowest BCUT2D eigenvalue weighted by molar-refractivity contribution is -0.138. The van der Waals surface area contributed by atoms with Crippen LogP contribution in [0, 0.1) is 11.8 Å². The number of unbranched alkanes of at least 4 members (excludes halogenated alkanes) is 2. The first-order valence-electron chi connectivity index (χ1n) is 20.5. The third kappa shape index (κ3) is 10.9. The highest BCUT2D eigenvalue weighted by molar-refractivity contribution is 8.27. The Hall–Kier alpha value is -3.02. The van der Waals surface area contributed by atoms with Gasteiger partial charge in [-0.3, -0.25) is 0 Å². The number of sulfone groups is 2. The summed E-state index contributed by atoms with van der Waals surface area (Å²) >= 11 is 4.35. The Morgan fingerprint density at radius 2 is 0.883 bits per heavy atom. The summed E-state index contributed by atoms with van der Waals surface area (Å²) in [6.45, 7) is 12.3. The van der Waals surface area contributed by atoms with Gasteiger partial charge in [-0.05, 0) is 62.8 Å². The van der Waals surface area contributed by atoms with E-state index in [-0.39, 0.29) is 43.3 Å². The Morgan fingerprint density at radius 1 is 0.533 bits per heavy atom. The van der Waals surface area contributed by atoms with Gasteiger partial charge in [0.05, 0.1) is 54.5 Å². The highest BCUT2D eigenvalue weighted by Crippen LogP contribution is 2.69. The van der Waals surface area contributed by atoms with Crippen LogP contribution in [0.25, 0.3) is 0 Å². The second-order valence-electron chi connectivity index (χ2n) is 14.1. The van der Waals surface area contributed by atoms with Gasteiger partial charge in [0, 0.05) is 9.79 Å². The van der Waals surface area contributed by atoms with Crippen LogP contribution in [0.3, 0.4) is 0 Å². The summed E-state index contributed by atoms with van der Waals surface area (Å²) in [4.78, 5) is 28.6. The van der Waals surface area contributed by atoms with Crippen molar-refractivity contribution < 1.29 is 45.4 Å². The molecule has 0 saturated heterocycles. The summed E-state index contributed by atoms with van der Waals surface area (Å²) in [6, 6.07) is 15.5. The van der Waals surface area contributed by atoms with Crippen molar-refractivity contribution in [3.05, 3.63) is 78.9 Å². The van der Waals surface area contributed by atoms with E-state index < -0.39 is 41.4 Å². The lowest BCUT2D eigenvalue weighted by atomic mass is 10.0. The molecular formula is C44H54O10S6. The number of hydrogen-bond acceptors (Lipinski definition) is 14. The summed E-state index contributed by atoms with van der Waals surface area (Å²) in [5, 5.41) is 0. The molecule has 3 aromatic rings. The van der Waals surface area contributed by atoms with E-state index >= 15 is 0 Å². The number of benzene rings is 3. The molecule has 0 fully saturated rings. The highest BCUT2D eigenvalue weighted by Gasteiger charge is 2.44. The molecule has 2 heterocycles. The first kappa shape index (κ1) is 48.0. The first-order chi connectivity index (χ1) is 28.9. The minimum absolute atomic E-state index is 0.0517. The van der Waals surface area contributed by atoms with Crippen molar-refractivity contribution in [3.8, 4) is 11.5 Å². The maximum absolute atomic E-state index is 14.4. The second kappa shape index (κ2) is 22.4. The van der Waals surface area contributed by atoms with Crippen LogP contribution in [0.1, 0.15) is 92.9 Å². The quantitative estimate of drug-likeness (QED) is 0.0697. The Kier molecular flexibility index (Phi) is 17.9. The maximum atomic E-state index is 14.4. The fraction of sp³-hybridized carbons (Fsp3) is 0.455. The highest BCUT2D eigenvalue weighted by atomic mass is 32.2. The average molecular weight is 935 g/mol. The van der Waals surface area contributed by atoms with Crippen LogP contribution in [-0.2, 0) is 38.7 Å². The molecule has 0 aliphatic carbocycles. The SMILES string of the molecule is CCCCC(CC)COc1c(OCC(CC)CCCC)c2c(c3c1S/C(=C(/C(=O)OCC)S(=O)(=O)c1ccccc1)S3)S/C(=C(\C(=O)OCC)S(=O)(=O)c1ccccc1)S2. The van der Waals surface area contributed by atoms with Gasteiger partial charge in [0.25, 0.3) is 0 Å². The van der Waals surface area contributed by atoms with Gasteiger partial charge in [-0.2, -0.15) is 0 Å². The predicted octanol–water partition coefficient (Wildman–Crippen LogP) is 11.7. The number of esters is 2. The molecule has 2 atom stereocenters. The molecule has 326 valence electrons.